The van der Waals surface area contributed by atoms with Gasteiger partial charge in [-0.3, -0.25) is 0 Å². The van der Waals surface area contributed by atoms with Crippen LogP contribution in [0.3, 0.4) is 0 Å². The highest BCUT2D eigenvalue weighted by Crippen LogP contribution is 2.30. The maximum Gasteiger partial charge on any atom is 0.246 e. The summed E-state index contributed by atoms with van der Waals surface area (Å²) in [6.07, 6.45) is 2.86. The fourth-order valence-corrected chi connectivity index (χ4v) is 3.98. The summed E-state index contributed by atoms with van der Waals surface area (Å²) < 4.78 is 26.6. The first-order valence-corrected chi connectivity index (χ1v) is 8.20. The Balaban J connectivity index is 2.41. The van der Waals surface area contributed by atoms with Gasteiger partial charge in [0.15, 0.2) is 0 Å². The van der Waals surface area contributed by atoms with E-state index in [-0.39, 0.29) is 16.6 Å². The number of piperidine rings is 1. The Morgan fingerprint density at radius 1 is 1.16 bits per heavy atom. The van der Waals surface area contributed by atoms with Crippen LogP contribution in [0.2, 0.25) is 0 Å². The van der Waals surface area contributed by atoms with Gasteiger partial charge < -0.3 is 5.11 Å². The van der Waals surface area contributed by atoms with Crippen molar-refractivity contribution in [3.63, 3.8) is 0 Å². The average molecular weight is 283 g/mol. The lowest BCUT2D eigenvalue weighted by molar-refractivity contribution is 0.344. The highest BCUT2D eigenvalue weighted by Gasteiger charge is 2.28. The van der Waals surface area contributed by atoms with E-state index in [0.717, 1.165) is 24.8 Å². The Labute approximate surface area is 115 Å². The van der Waals surface area contributed by atoms with Gasteiger partial charge in [0, 0.05) is 13.1 Å². The highest BCUT2D eigenvalue weighted by molar-refractivity contribution is 7.89. The van der Waals surface area contributed by atoms with Crippen LogP contribution in [0.25, 0.3) is 0 Å². The molecule has 0 aliphatic carbocycles. The van der Waals surface area contributed by atoms with Crippen LogP contribution in [0.4, 0.5) is 0 Å². The van der Waals surface area contributed by atoms with Crippen LogP contribution in [0, 0.1) is 0 Å². The zero-order chi connectivity index (χ0) is 14.0. The zero-order valence-electron chi connectivity index (χ0n) is 11.5. The van der Waals surface area contributed by atoms with E-state index in [0.29, 0.717) is 13.1 Å². The van der Waals surface area contributed by atoms with E-state index in [4.69, 9.17) is 0 Å². The van der Waals surface area contributed by atoms with Gasteiger partial charge in [0.05, 0.1) is 0 Å². The van der Waals surface area contributed by atoms with Crippen LogP contribution >= 0.6 is 0 Å². The summed E-state index contributed by atoms with van der Waals surface area (Å²) in [6, 6.07) is 4.85. The lowest BCUT2D eigenvalue weighted by Gasteiger charge is -2.26. The minimum Gasteiger partial charge on any atom is -0.507 e. The van der Waals surface area contributed by atoms with Gasteiger partial charge in [-0.2, -0.15) is 4.31 Å². The molecular weight excluding hydrogens is 262 g/mol. The molecule has 1 aromatic rings. The van der Waals surface area contributed by atoms with Crippen LogP contribution in [-0.4, -0.2) is 30.9 Å². The minimum atomic E-state index is -3.57. The predicted molar refractivity (Wildman–Crippen MR) is 74.8 cm³/mol. The molecular formula is C14H21NO3S. The largest absolute Gasteiger partial charge is 0.507 e. The summed E-state index contributed by atoms with van der Waals surface area (Å²) in [5.74, 6) is 0.0749. The van der Waals surface area contributed by atoms with Crippen molar-refractivity contribution in [2.75, 3.05) is 13.1 Å². The van der Waals surface area contributed by atoms with Crippen molar-refractivity contribution in [2.45, 2.75) is 43.9 Å². The number of hydrogen-bond donors (Lipinski definition) is 1. The topological polar surface area (TPSA) is 57.6 Å². The Morgan fingerprint density at radius 2 is 1.79 bits per heavy atom. The number of rotatable bonds is 3. The number of benzene rings is 1. The molecule has 1 heterocycles. The Hall–Kier alpha value is -1.07. The maximum atomic E-state index is 12.5. The summed E-state index contributed by atoms with van der Waals surface area (Å²) in [5, 5.41) is 9.88. The Kier molecular flexibility index (Phi) is 4.16. The fourth-order valence-electron chi connectivity index (χ4n) is 2.34. The molecule has 1 aromatic carbocycles. The second kappa shape index (κ2) is 5.51. The van der Waals surface area contributed by atoms with Crippen LogP contribution in [0.15, 0.2) is 23.1 Å². The van der Waals surface area contributed by atoms with Crippen molar-refractivity contribution in [1.29, 1.82) is 0 Å². The van der Waals surface area contributed by atoms with E-state index in [1.54, 1.807) is 12.1 Å². The van der Waals surface area contributed by atoms with Crippen molar-refractivity contribution in [3.8, 4) is 5.75 Å². The molecule has 2 rings (SSSR count). The summed E-state index contributed by atoms with van der Waals surface area (Å²) in [5.41, 5.74) is 0.924. The molecule has 0 saturated carbocycles. The van der Waals surface area contributed by atoms with Gasteiger partial charge in [-0.05, 0) is 36.5 Å². The Morgan fingerprint density at radius 3 is 2.37 bits per heavy atom. The molecule has 1 N–H and O–H groups in total. The van der Waals surface area contributed by atoms with Gasteiger partial charge in [0.2, 0.25) is 10.0 Å². The van der Waals surface area contributed by atoms with Crippen molar-refractivity contribution in [3.05, 3.63) is 23.8 Å². The van der Waals surface area contributed by atoms with E-state index >= 15 is 0 Å². The number of phenols is 1. The van der Waals surface area contributed by atoms with E-state index < -0.39 is 10.0 Å². The van der Waals surface area contributed by atoms with E-state index in [9.17, 15) is 13.5 Å². The highest BCUT2D eigenvalue weighted by atomic mass is 32.2. The third kappa shape index (κ3) is 2.92. The maximum absolute atomic E-state index is 12.5. The minimum absolute atomic E-state index is 0.0422. The summed E-state index contributed by atoms with van der Waals surface area (Å²) in [4.78, 5) is 0.0422. The van der Waals surface area contributed by atoms with Crippen molar-refractivity contribution >= 4 is 10.0 Å². The molecule has 0 bridgehead atoms. The molecule has 1 saturated heterocycles. The van der Waals surface area contributed by atoms with Crippen LogP contribution in [0.5, 0.6) is 5.75 Å². The van der Waals surface area contributed by atoms with Crippen molar-refractivity contribution in [1.82, 2.24) is 4.31 Å². The lowest BCUT2D eigenvalue weighted by atomic mass is 10.0. The van der Waals surface area contributed by atoms with Crippen molar-refractivity contribution < 1.29 is 13.5 Å². The first-order valence-electron chi connectivity index (χ1n) is 6.76. The number of phenolic OH excluding ortho intramolecular Hbond substituents is 1. The monoisotopic (exact) mass is 283 g/mol. The molecule has 0 atom stereocenters. The molecule has 0 amide bonds. The molecule has 1 aliphatic heterocycles. The number of sulfonamides is 1. The summed E-state index contributed by atoms with van der Waals surface area (Å²) in [6.45, 7) is 5.11. The van der Waals surface area contributed by atoms with E-state index in [1.807, 2.05) is 13.8 Å². The van der Waals surface area contributed by atoms with Gasteiger partial charge in [0.25, 0.3) is 0 Å². The fraction of sp³-hybridized carbons (Fsp3) is 0.571. The second-order valence-corrected chi connectivity index (χ2v) is 7.25. The first kappa shape index (κ1) is 14.3. The SMILES string of the molecule is CC(C)c1ccc(O)c(S(=O)(=O)N2CCCCC2)c1. The second-order valence-electron chi connectivity index (χ2n) is 5.35. The van der Waals surface area contributed by atoms with Crippen molar-refractivity contribution in [2.24, 2.45) is 0 Å². The van der Waals surface area contributed by atoms with E-state index in [2.05, 4.69) is 0 Å². The molecule has 4 nitrogen and oxygen atoms in total. The molecule has 1 aliphatic rings. The van der Waals surface area contributed by atoms with Gasteiger partial charge in [-0.25, -0.2) is 8.42 Å². The molecule has 0 aromatic heterocycles. The zero-order valence-corrected chi connectivity index (χ0v) is 12.3. The smallest absolute Gasteiger partial charge is 0.246 e. The summed E-state index contributed by atoms with van der Waals surface area (Å²) >= 11 is 0. The molecule has 0 unspecified atom stereocenters. The number of nitrogens with zero attached hydrogens (tertiary/aromatic N) is 1. The standard InChI is InChI=1S/C14H21NO3S/c1-11(2)12-6-7-13(16)14(10-12)19(17,18)15-8-4-3-5-9-15/h6-7,10-11,16H,3-5,8-9H2,1-2H3. The molecule has 0 radical (unpaired) electrons. The number of aromatic hydroxyl groups is 1. The van der Waals surface area contributed by atoms with Crippen LogP contribution in [0.1, 0.15) is 44.6 Å². The van der Waals surface area contributed by atoms with Gasteiger partial charge in [-0.15, -0.1) is 0 Å². The van der Waals surface area contributed by atoms with Gasteiger partial charge in [-0.1, -0.05) is 26.3 Å². The third-order valence-corrected chi connectivity index (χ3v) is 5.51. The van der Waals surface area contributed by atoms with Gasteiger partial charge >= 0.3 is 0 Å². The normalized spacial score (nSPS) is 17.8. The van der Waals surface area contributed by atoms with Crippen LogP contribution in [-0.2, 0) is 10.0 Å². The molecule has 106 valence electrons. The molecule has 5 heteroatoms. The lowest BCUT2D eigenvalue weighted by Crippen LogP contribution is -2.35. The Bertz CT molecular complexity index is 546. The third-order valence-electron chi connectivity index (χ3n) is 3.58. The predicted octanol–water partition coefficient (Wildman–Crippen LogP) is 2.69. The molecule has 19 heavy (non-hydrogen) atoms. The van der Waals surface area contributed by atoms with E-state index in [1.165, 1.54) is 10.4 Å². The average Bonchev–Trinajstić information content (AvgIpc) is 2.39. The quantitative estimate of drug-likeness (QED) is 0.928. The molecule has 1 fully saturated rings. The summed E-state index contributed by atoms with van der Waals surface area (Å²) in [7, 11) is -3.57. The number of hydrogen-bond acceptors (Lipinski definition) is 3. The first-order chi connectivity index (χ1) is 8.93. The van der Waals surface area contributed by atoms with Crippen LogP contribution < -0.4 is 0 Å². The molecule has 0 spiro atoms. The van der Waals surface area contributed by atoms with Gasteiger partial charge in [0.1, 0.15) is 10.6 Å².